The molecule has 2 N–H and O–H groups in total. The van der Waals surface area contributed by atoms with E-state index < -0.39 is 6.10 Å². The third-order valence-corrected chi connectivity index (χ3v) is 4.70. The molecule has 144 valence electrons. The Morgan fingerprint density at radius 2 is 1.54 bits per heavy atom. The van der Waals surface area contributed by atoms with Crippen LogP contribution in [0.5, 0.6) is 0 Å². The highest BCUT2D eigenvalue weighted by molar-refractivity contribution is 5.24. The van der Waals surface area contributed by atoms with Crippen LogP contribution < -0.4 is 5.32 Å². The van der Waals surface area contributed by atoms with Crippen LogP contribution in [-0.4, -0.2) is 17.2 Å². The van der Waals surface area contributed by atoms with Gasteiger partial charge < -0.3 is 10.4 Å². The van der Waals surface area contributed by atoms with Crippen molar-refractivity contribution < 1.29 is 5.11 Å². The van der Waals surface area contributed by atoms with Crippen LogP contribution in [0.4, 0.5) is 0 Å². The SMILES string of the molecule is CC.CC.Cc1ccc(C(O)[C@@H]2CCC(CCc3ccccc3)N2)cc1. The molecule has 0 aromatic heterocycles. The first-order valence-electron chi connectivity index (χ1n) is 10.3. The van der Waals surface area contributed by atoms with Gasteiger partial charge in [0, 0.05) is 12.1 Å². The molecule has 0 amide bonds. The van der Waals surface area contributed by atoms with Gasteiger partial charge in [-0.25, -0.2) is 0 Å². The molecule has 2 unspecified atom stereocenters. The molecule has 3 rings (SSSR count). The first kappa shape index (κ1) is 22.4. The summed E-state index contributed by atoms with van der Waals surface area (Å²) in [6, 6.07) is 19.6. The lowest BCUT2D eigenvalue weighted by molar-refractivity contribution is 0.135. The van der Waals surface area contributed by atoms with E-state index in [0.29, 0.717) is 6.04 Å². The molecule has 0 aliphatic carbocycles. The van der Waals surface area contributed by atoms with E-state index in [1.807, 2.05) is 39.8 Å². The van der Waals surface area contributed by atoms with Crippen molar-refractivity contribution >= 4 is 0 Å². The summed E-state index contributed by atoms with van der Waals surface area (Å²) in [7, 11) is 0. The van der Waals surface area contributed by atoms with Gasteiger partial charge in [-0.3, -0.25) is 0 Å². The molecule has 1 aliphatic heterocycles. The van der Waals surface area contributed by atoms with Crippen LogP contribution in [0, 0.1) is 6.92 Å². The van der Waals surface area contributed by atoms with E-state index >= 15 is 0 Å². The second-order valence-electron chi connectivity index (χ2n) is 6.43. The van der Waals surface area contributed by atoms with Gasteiger partial charge in [0.25, 0.3) is 0 Å². The van der Waals surface area contributed by atoms with Crippen LogP contribution in [0.1, 0.15) is 69.8 Å². The molecule has 1 aliphatic rings. The second-order valence-corrected chi connectivity index (χ2v) is 6.43. The van der Waals surface area contributed by atoms with Crippen molar-refractivity contribution in [3.8, 4) is 0 Å². The van der Waals surface area contributed by atoms with Crippen LogP contribution >= 0.6 is 0 Å². The fourth-order valence-electron chi connectivity index (χ4n) is 3.31. The van der Waals surface area contributed by atoms with Crippen LogP contribution in [-0.2, 0) is 6.42 Å². The van der Waals surface area contributed by atoms with E-state index in [4.69, 9.17) is 0 Å². The van der Waals surface area contributed by atoms with Crippen LogP contribution in [0.2, 0.25) is 0 Å². The summed E-state index contributed by atoms with van der Waals surface area (Å²) in [6.07, 6.45) is 4.05. The second kappa shape index (κ2) is 12.7. The van der Waals surface area contributed by atoms with Crippen molar-refractivity contribution in [1.82, 2.24) is 5.32 Å². The van der Waals surface area contributed by atoms with Gasteiger partial charge in [0.2, 0.25) is 0 Å². The lowest BCUT2D eigenvalue weighted by atomic mass is 10.00. The summed E-state index contributed by atoms with van der Waals surface area (Å²) >= 11 is 0. The molecule has 2 aromatic rings. The normalized spacial score (nSPS) is 19.6. The smallest absolute Gasteiger partial charge is 0.0943 e. The predicted octanol–water partition coefficient (Wildman–Crippen LogP) is 5.83. The Balaban J connectivity index is 0.000000791. The molecule has 0 saturated carbocycles. The van der Waals surface area contributed by atoms with Crippen molar-refractivity contribution in [2.45, 2.75) is 78.5 Å². The van der Waals surface area contributed by atoms with Crippen LogP contribution in [0.3, 0.4) is 0 Å². The van der Waals surface area contributed by atoms with Gasteiger partial charge in [-0.2, -0.15) is 0 Å². The number of hydrogen-bond donors (Lipinski definition) is 2. The minimum atomic E-state index is -0.401. The highest BCUT2D eigenvalue weighted by atomic mass is 16.3. The van der Waals surface area contributed by atoms with Gasteiger partial charge in [0.05, 0.1) is 6.10 Å². The van der Waals surface area contributed by atoms with Crippen molar-refractivity contribution in [3.05, 3.63) is 71.3 Å². The van der Waals surface area contributed by atoms with Crippen molar-refractivity contribution in [2.24, 2.45) is 0 Å². The molecule has 1 fully saturated rings. The highest BCUT2D eigenvalue weighted by Crippen LogP contribution is 2.27. The Hall–Kier alpha value is -1.64. The number of rotatable bonds is 5. The van der Waals surface area contributed by atoms with Gasteiger partial charge in [0.1, 0.15) is 0 Å². The quantitative estimate of drug-likeness (QED) is 0.707. The predicted molar refractivity (Wildman–Crippen MR) is 114 cm³/mol. The highest BCUT2D eigenvalue weighted by Gasteiger charge is 2.29. The van der Waals surface area contributed by atoms with Gasteiger partial charge >= 0.3 is 0 Å². The maximum Gasteiger partial charge on any atom is 0.0943 e. The molecule has 0 radical (unpaired) electrons. The zero-order valence-corrected chi connectivity index (χ0v) is 17.2. The number of aliphatic hydroxyl groups excluding tert-OH is 1. The lowest BCUT2D eigenvalue weighted by Gasteiger charge is -2.20. The monoisotopic (exact) mass is 355 g/mol. The molecular weight excluding hydrogens is 318 g/mol. The maximum absolute atomic E-state index is 10.6. The Labute approximate surface area is 160 Å². The standard InChI is InChI=1S/C20H25NO.2C2H6/c1-15-7-10-17(11-8-15)20(22)19-14-13-18(21-19)12-9-16-5-3-2-4-6-16;2*1-2/h2-8,10-11,18-22H,9,12-14H2,1H3;2*1-2H3/t18?,19-,20?;;/m0../s1. The fraction of sp³-hybridized carbons (Fsp3) is 0.500. The molecule has 1 saturated heterocycles. The van der Waals surface area contributed by atoms with Gasteiger partial charge in [-0.1, -0.05) is 87.9 Å². The van der Waals surface area contributed by atoms with E-state index in [2.05, 4.69) is 54.7 Å². The number of hydrogen-bond acceptors (Lipinski definition) is 2. The fourth-order valence-corrected chi connectivity index (χ4v) is 3.31. The zero-order chi connectivity index (χ0) is 19.4. The Morgan fingerprint density at radius 1 is 0.923 bits per heavy atom. The first-order chi connectivity index (χ1) is 12.7. The molecule has 2 heteroatoms. The molecule has 2 nitrogen and oxygen atoms in total. The maximum atomic E-state index is 10.6. The molecule has 2 aromatic carbocycles. The Morgan fingerprint density at radius 3 is 2.15 bits per heavy atom. The third-order valence-electron chi connectivity index (χ3n) is 4.70. The molecule has 0 spiro atoms. The van der Waals surface area contributed by atoms with Gasteiger partial charge in [0.15, 0.2) is 0 Å². The number of nitrogens with one attached hydrogen (secondary N) is 1. The molecular formula is C24H37NO. The molecule has 1 heterocycles. The van der Waals surface area contributed by atoms with Gasteiger partial charge in [-0.05, 0) is 43.7 Å². The number of benzene rings is 2. The molecule has 0 bridgehead atoms. The van der Waals surface area contributed by atoms with Crippen molar-refractivity contribution in [3.63, 3.8) is 0 Å². The summed E-state index contributed by atoms with van der Waals surface area (Å²) in [6.45, 7) is 10.1. The Kier molecular flexibility index (Phi) is 10.9. The average Bonchev–Trinajstić information content (AvgIpc) is 3.19. The molecule has 26 heavy (non-hydrogen) atoms. The summed E-state index contributed by atoms with van der Waals surface area (Å²) in [5, 5.41) is 14.2. The minimum Gasteiger partial charge on any atom is -0.387 e. The minimum absolute atomic E-state index is 0.184. The summed E-state index contributed by atoms with van der Waals surface area (Å²) < 4.78 is 0. The average molecular weight is 356 g/mol. The van der Waals surface area contributed by atoms with Crippen molar-refractivity contribution in [1.29, 1.82) is 0 Å². The number of aliphatic hydroxyl groups is 1. The van der Waals surface area contributed by atoms with E-state index in [-0.39, 0.29) is 6.04 Å². The van der Waals surface area contributed by atoms with Crippen LogP contribution in [0.25, 0.3) is 0 Å². The first-order valence-corrected chi connectivity index (χ1v) is 10.3. The third kappa shape index (κ3) is 6.93. The largest absolute Gasteiger partial charge is 0.387 e. The zero-order valence-electron chi connectivity index (χ0n) is 17.2. The topological polar surface area (TPSA) is 32.3 Å². The Bertz CT molecular complexity index is 579. The lowest BCUT2D eigenvalue weighted by Crippen LogP contribution is -2.34. The van der Waals surface area contributed by atoms with Crippen molar-refractivity contribution in [2.75, 3.05) is 0 Å². The van der Waals surface area contributed by atoms with E-state index in [0.717, 1.165) is 31.2 Å². The van der Waals surface area contributed by atoms with Crippen LogP contribution in [0.15, 0.2) is 54.6 Å². The summed E-state index contributed by atoms with van der Waals surface area (Å²) in [5.74, 6) is 0. The van der Waals surface area contributed by atoms with E-state index in [1.54, 1.807) is 0 Å². The van der Waals surface area contributed by atoms with E-state index in [1.165, 1.54) is 11.1 Å². The molecule has 3 atom stereocenters. The summed E-state index contributed by atoms with van der Waals surface area (Å²) in [4.78, 5) is 0. The van der Waals surface area contributed by atoms with E-state index in [9.17, 15) is 5.11 Å². The number of aryl methyl sites for hydroxylation is 2. The summed E-state index contributed by atoms with van der Waals surface area (Å²) in [5.41, 5.74) is 3.65. The van der Waals surface area contributed by atoms with Gasteiger partial charge in [-0.15, -0.1) is 0 Å².